The summed E-state index contributed by atoms with van der Waals surface area (Å²) in [6, 6.07) is 0. The van der Waals surface area contributed by atoms with Crippen LogP contribution in [0.5, 0.6) is 0 Å². The number of carbonyl (C=O) groups is 1. The van der Waals surface area contributed by atoms with Gasteiger partial charge in [-0.25, -0.2) is 0 Å². The van der Waals surface area contributed by atoms with Crippen LogP contribution in [0.4, 0.5) is 0 Å². The first-order valence-corrected chi connectivity index (χ1v) is 10.3. The second kappa shape index (κ2) is 17.8. The Kier molecular flexibility index (Phi) is 17.4. The van der Waals surface area contributed by atoms with E-state index in [-0.39, 0.29) is 5.97 Å². The van der Waals surface area contributed by atoms with Gasteiger partial charge in [0, 0.05) is 6.42 Å². The van der Waals surface area contributed by atoms with Gasteiger partial charge in [0.15, 0.2) is 0 Å². The molecule has 0 fully saturated rings. The Balaban J connectivity index is 3.15. The molecule has 138 valence electrons. The molecule has 0 saturated heterocycles. The maximum Gasteiger partial charge on any atom is 0.305 e. The number of rotatable bonds is 17. The predicted octanol–water partition coefficient (Wildman–Crippen LogP) is 7.06. The lowest BCUT2D eigenvalue weighted by molar-refractivity contribution is -0.143. The van der Waals surface area contributed by atoms with Crippen LogP contribution in [0.15, 0.2) is 0 Å². The van der Waals surface area contributed by atoms with Crippen LogP contribution < -0.4 is 0 Å². The lowest BCUT2D eigenvalue weighted by Gasteiger charge is -2.06. The van der Waals surface area contributed by atoms with Crippen molar-refractivity contribution in [2.24, 2.45) is 5.92 Å². The standard InChI is InChI=1S/C21H42O2/c1-4-5-6-7-8-9-10-13-16-19-23-21(22)18-15-12-11-14-17-20(2)3/h20H,4-19H2,1-3H3. The summed E-state index contributed by atoms with van der Waals surface area (Å²) in [6.45, 7) is 7.42. The third-order valence-corrected chi connectivity index (χ3v) is 4.42. The number of carbonyl (C=O) groups excluding carboxylic acids is 1. The summed E-state index contributed by atoms with van der Waals surface area (Å²) in [5, 5.41) is 0. The molecule has 0 spiro atoms. The third-order valence-electron chi connectivity index (χ3n) is 4.42. The Bertz CT molecular complexity index is 248. The first kappa shape index (κ1) is 22.5. The van der Waals surface area contributed by atoms with Crippen LogP contribution in [-0.4, -0.2) is 12.6 Å². The molecule has 0 aromatic carbocycles. The molecule has 0 amide bonds. The average molecular weight is 327 g/mol. The van der Waals surface area contributed by atoms with E-state index in [1.54, 1.807) is 0 Å². The molecule has 0 unspecified atom stereocenters. The summed E-state index contributed by atoms with van der Waals surface area (Å²) in [7, 11) is 0. The van der Waals surface area contributed by atoms with E-state index in [4.69, 9.17) is 4.74 Å². The van der Waals surface area contributed by atoms with Crippen LogP contribution in [0.3, 0.4) is 0 Å². The Morgan fingerprint density at radius 2 is 1.26 bits per heavy atom. The van der Waals surface area contributed by atoms with Crippen molar-refractivity contribution >= 4 is 5.97 Å². The average Bonchev–Trinajstić information content (AvgIpc) is 2.52. The van der Waals surface area contributed by atoms with Gasteiger partial charge in [-0.2, -0.15) is 0 Å². The Morgan fingerprint density at radius 3 is 1.87 bits per heavy atom. The molecule has 2 heteroatoms. The van der Waals surface area contributed by atoms with Crippen molar-refractivity contribution in [1.82, 2.24) is 0 Å². The number of unbranched alkanes of at least 4 members (excludes halogenated alkanes) is 11. The molecule has 0 aliphatic rings. The summed E-state index contributed by atoms with van der Waals surface area (Å²) in [6.07, 6.45) is 18.4. The number of hydrogen-bond donors (Lipinski definition) is 0. The van der Waals surface area contributed by atoms with Gasteiger partial charge in [0.05, 0.1) is 6.61 Å². The second-order valence-electron chi connectivity index (χ2n) is 7.40. The summed E-state index contributed by atoms with van der Waals surface area (Å²) in [5.41, 5.74) is 0. The van der Waals surface area contributed by atoms with Gasteiger partial charge in [0.25, 0.3) is 0 Å². The van der Waals surface area contributed by atoms with E-state index in [2.05, 4.69) is 20.8 Å². The smallest absolute Gasteiger partial charge is 0.305 e. The van der Waals surface area contributed by atoms with E-state index >= 15 is 0 Å². The highest BCUT2D eigenvalue weighted by atomic mass is 16.5. The van der Waals surface area contributed by atoms with Gasteiger partial charge in [0.1, 0.15) is 0 Å². The Labute approximate surface area is 145 Å². The van der Waals surface area contributed by atoms with Crippen LogP contribution in [0.1, 0.15) is 117 Å². The zero-order valence-electron chi connectivity index (χ0n) is 16.2. The number of hydrogen-bond acceptors (Lipinski definition) is 2. The summed E-state index contributed by atoms with van der Waals surface area (Å²) in [4.78, 5) is 11.6. The van der Waals surface area contributed by atoms with Crippen molar-refractivity contribution in [2.75, 3.05) is 6.61 Å². The Hall–Kier alpha value is -0.530. The van der Waals surface area contributed by atoms with E-state index in [9.17, 15) is 4.79 Å². The molecule has 0 aromatic heterocycles. The normalized spacial score (nSPS) is 11.1. The SMILES string of the molecule is CCCCCCCCCCCOC(=O)CCCCCCC(C)C. The van der Waals surface area contributed by atoms with Crippen LogP contribution in [0.2, 0.25) is 0 Å². The minimum Gasteiger partial charge on any atom is -0.466 e. The monoisotopic (exact) mass is 326 g/mol. The molecule has 0 aliphatic heterocycles. The van der Waals surface area contributed by atoms with Gasteiger partial charge in [-0.15, -0.1) is 0 Å². The highest BCUT2D eigenvalue weighted by Crippen LogP contribution is 2.11. The van der Waals surface area contributed by atoms with Crippen LogP contribution >= 0.6 is 0 Å². The first-order chi connectivity index (χ1) is 11.2. The predicted molar refractivity (Wildman–Crippen MR) is 101 cm³/mol. The zero-order chi connectivity index (χ0) is 17.2. The minimum atomic E-state index is 0.00780. The summed E-state index contributed by atoms with van der Waals surface area (Å²) >= 11 is 0. The molecule has 23 heavy (non-hydrogen) atoms. The van der Waals surface area contributed by atoms with Crippen molar-refractivity contribution in [3.05, 3.63) is 0 Å². The van der Waals surface area contributed by atoms with Crippen LogP contribution in [0, 0.1) is 5.92 Å². The van der Waals surface area contributed by atoms with Crippen LogP contribution in [0.25, 0.3) is 0 Å². The van der Waals surface area contributed by atoms with Gasteiger partial charge in [-0.3, -0.25) is 4.79 Å². The molecule has 2 nitrogen and oxygen atoms in total. The van der Waals surface area contributed by atoms with Gasteiger partial charge >= 0.3 is 5.97 Å². The highest BCUT2D eigenvalue weighted by Gasteiger charge is 2.02. The fraction of sp³-hybridized carbons (Fsp3) is 0.952. The quantitative estimate of drug-likeness (QED) is 0.211. The van der Waals surface area contributed by atoms with Crippen LogP contribution in [-0.2, 0) is 9.53 Å². The van der Waals surface area contributed by atoms with E-state index in [0.29, 0.717) is 13.0 Å². The molecule has 0 N–H and O–H groups in total. The molecule has 0 heterocycles. The second-order valence-corrected chi connectivity index (χ2v) is 7.40. The van der Waals surface area contributed by atoms with Crippen molar-refractivity contribution in [2.45, 2.75) is 117 Å². The van der Waals surface area contributed by atoms with Crippen molar-refractivity contribution < 1.29 is 9.53 Å². The fourth-order valence-electron chi connectivity index (χ4n) is 2.85. The van der Waals surface area contributed by atoms with E-state index < -0.39 is 0 Å². The topological polar surface area (TPSA) is 26.3 Å². The lowest BCUT2D eigenvalue weighted by atomic mass is 10.0. The summed E-state index contributed by atoms with van der Waals surface area (Å²) in [5.74, 6) is 0.810. The highest BCUT2D eigenvalue weighted by molar-refractivity contribution is 5.69. The molecule has 0 rings (SSSR count). The molecule has 0 saturated carbocycles. The van der Waals surface area contributed by atoms with Gasteiger partial charge in [-0.05, 0) is 18.8 Å². The molecule has 0 aliphatic carbocycles. The molecule has 0 radical (unpaired) electrons. The maximum atomic E-state index is 11.6. The maximum absolute atomic E-state index is 11.6. The van der Waals surface area contributed by atoms with E-state index in [1.807, 2.05) is 0 Å². The number of ether oxygens (including phenoxy) is 1. The van der Waals surface area contributed by atoms with E-state index in [1.165, 1.54) is 77.0 Å². The fourth-order valence-corrected chi connectivity index (χ4v) is 2.85. The first-order valence-electron chi connectivity index (χ1n) is 10.3. The van der Waals surface area contributed by atoms with Crippen molar-refractivity contribution in [1.29, 1.82) is 0 Å². The molecule has 0 bridgehead atoms. The number of esters is 1. The lowest BCUT2D eigenvalue weighted by Crippen LogP contribution is -2.05. The molecular weight excluding hydrogens is 284 g/mol. The van der Waals surface area contributed by atoms with Gasteiger partial charge < -0.3 is 4.74 Å². The third kappa shape index (κ3) is 19.4. The van der Waals surface area contributed by atoms with Gasteiger partial charge in [0.2, 0.25) is 0 Å². The molecular formula is C21H42O2. The molecule has 0 atom stereocenters. The zero-order valence-corrected chi connectivity index (χ0v) is 16.2. The Morgan fingerprint density at radius 1 is 0.739 bits per heavy atom. The van der Waals surface area contributed by atoms with Gasteiger partial charge in [-0.1, -0.05) is 97.8 Å². The van der Waals surface area contributed by atoms with Crippen molar-refractivity contribution in [3.63, 3.8) is 0 Å². The van der Waals surface area contributed by atoms with E-state index in [0.717, 1.165) is 18.8 Å². The largest absolute Gasteiger partial charge is 0.466 e. The van der Waals surface area contributed by atoms with Crippen molar-refractivity contribution in [3.8, 4) is 0 Å². The summed E-state index contributed by atoms with van der Waals surface area (Å²) < 4.78 is 5.31. The minimum absolute atomic E-state index is 0.00780. The molecule has 0 aromatic rings.